The largest absolute Gasteiger partial charge is 0.507 e. The van der Waals surface area contributed by atoms with Crippen LogP contribution < -0.4 is 9.64 Å². The first-order chi connectivity index (χ1) is 16.4. The molecule has 2 aromatic carbocycles. The van der Waals surface area contributed by atoms with Crippen molar-refractivity contribution in [3.8, 4) is 5.75 Å². The Hall–Kier alpha value is -3.46. The van der Waals surface area contributed by atoms with E-state index in [4.69, 9.17) is 27.9 Å². The summed E-state index contributed by atoms with van der Waals surface area (Å²) < 4.78 is 6.02. The molecule has 0 bridgehead atoms. The minimum Gasteiger partial charge on any atom is -0.507 e. The zero-order chi connectivity index (χ0) is 24.0. The number of methoxy groups -OCH3 is 1. The molecule has 0 aliphatic carbocycles. The number of aliphatic hydroxyl groups is 1. The molecule has 0 radical (unpaired) electrons. The number of nitrogens with zero attached hydrogens (tertiary/aromatic N) is 3. The smallest absolute Gasteiger partial charge is 0.301 e. The number of halogens is 2. The van der Waals surface area contributed by atoms with Gasteiger partial charge in [0.25, 0.3) is 5.78 Å². The predicted octanol–water partition coefficient (Wildman–Crippen LogP) is 5.63. The Balaban J connectivity index is 1.73. The molecule has 4 aromatic rings. The highest BCUT2D eigenvalue weighted by molar-refractivity contribution is 7.22. The van der Waals surface area contributed by atoms with Crippen LogP contribution in [-0.2, 0) is 9.59 Å². The average molecular weight is 512 g/mol. The third-order valence-corrected chi connectivity index (χ3v) is 7.01. The lowest BCUT2D eigenvalue weighted by Crippen LogP contribution is -2.29. The van der Waals surface area contributed by atoms with Gasteiger partial charge < -0.3 is 9.84 Å². The van der Waals surface area contributed by atoms with Crippen molar-refractivity contribution >= 4 is 67.3 Å². The van der Waals surface area contributed by atoms with Crippen molar-refractivity contribution in [3.05, 3.63) is 87.7 Å². The molecule has 1 unspecified atom stereocenters. The number of thiazole rings is 1. The molecule has 5 rings (SSSR count). The van der Waals surface area contributed by atoms with Crippen molar-refractivity contribution in [2.24, 2.45) is 0 Å². The summed E-state index contributed by atoms with van der Waals surface area (Å²) in [7, 11) is 1.42. The van der Waals surface area contributed by atoms with Gasteiger partial charge in [-0.25, -0.2) is 4.98 Å². The first-order valence-electron chi connectivity index (χ1n) is 10.0. The maximum absolute atomic E-state index is 13.3. The number of ketones is 1. The minimum absolute atomic E-state index is 0.116. The van der Waals surface area contributed by atoms with E-state index in [0.29, 0.717) is 16.2 Å². The number of rotatable bonds is 4. The Morgan fingerprint density at radius 1 is 1.12 bits per heavy atom. The summed E-state index contributed by atoms with van der Waals surface area (Å²) in [4.78, 5) is 36.5. The molecule has 1 aliphatic rings. The number of amides is 1. The number of para-hydroxylation sites is 1. The van der Waals surface area contributed by atoms with Crippen LogP contribution in [-0.4, -0.2) is 33.9 Å². The van der Waals surface area contributed by atoms with Crippen molar-refractivity contribution in [2.75, 3.05) is 12.0 Å². The quantitative estimate of drug-likeness (QED) is 0.216. The molecule has 1 amide bonds. The maximum atomic E-state index is 13.3. The summed E-state index contributed by atoms with van der Waals surface area (Å²) in [5.41, 5.74) is 1.29. The Morgan fingerprint density at radius 3 is 2.50 bits per heavy atom. The van der Waals surface area contributed by atoms with Crippen LogP contribution in [0.3, 0.4) is 0 Å². The van der Waals surface area contributed by atoms with Gasteiger partial charge >= 0.3 is 5.91 Å². The number of anilines is 1. The number of fused-ring (bicyclic) bond motifs is 1. The van der Waals surface area contributed by atoms with E-state index < -0.39 is 23.5 Å². The third kappa shape index (κ3) is 3.60. The summed E-state index contributed by atoms with van der Waals surface area (Å²) in [5, 5.41) is 11.9. The van der Waals surface area contributed by atoms with Gasteiger partial charge in [0.2, 0.25) is 0 Å². The van der Waals surface area contributed by atoms with Crippen LogP contribution in [0, 0.1) is 0 Å². The number of Topliss-reactive ketones (excluding diaryl/α,β-unsaturated/α-hetero) is 1. The highest BCUT2D eigenvalue weighted by Crippen LogP contribution is 2.45. The SMILES string of the molecule is COc1c(Cl)cc(/C(O)=C2\C(=O)C(=O)N(c3nc4ccccc4s3)C2c2cccnc2)cc1Cl. The van der Waals surface area contributed by atoms with Crippen LogP contribution in [0.4, 0.5) is 5.13 Å². The molecule has 1 aliphatic heterocycles. The molecule has 1 saturated heterocycles. The molecule has 7 nitrogen and oxygen atoms in total. The van der Waals surface area contributed by atoms with E-state index in [2.05, 4.69) is 9.97 Å². The van der Waals surface area contributed by atoms with Gasteiger partial charge in [-0.15, -0.1) is 0 Å². The van der Waals surface area contributed by atoms with Crippen LogP contribution in [0.2, 0.25) is 10.0 Å². The number of aliphatic hydroxyl groups excluding tert-OH is 1. The fourth-order valence-corrected chi connectivity index (χ4v) is 5.53. The third-order valence-electron chi connectivity index (χ3n) is 5.41. The molecule has 34 heavy (non-hydrogen) atoms. The van der Waals surface area contributed by atoms with Gasteiger partial charge in [-0.1, -0.05) is 52.7 Å². The number of pyridine rings is 1. The zero-order valence-corrected chi connectivity index (χ0v) is 19.9. The molecule has 10 heteroatoms. The Kier molecular flexibility index (Phi) is 5.73. The second kappa shape index (κ2) is 8.72. The van der Waals surface area contributed by atoms with Crippen molar-refractivity contribution in [3.63, 3.8) is 0 Å². The molecule has 2 aromatic heterocycles. The van der Waals surface area contributed by atoms with Crippen molar-refractivity contribution in [2.45, 2.75) is 6.04 Å². The summed E-state index contributed by atoms with van der Waals surface area (Å²) in [5.74, 6) is -1.84. The van der Waals surface area contributed by atoms with Gasteiger partial charge in [0.05, 0.1) is 39.0 Å². The standard InChI is InChI=1S/C24H15Cl2N3O4S/c1-33-22-14(25)9-13(10-15(22)26)20(30)18-19(12-5-4-8-27-11-12)29(23(32)21(18)31)24-28-16-6-2-3-7-17(16)34-24/h2-11,19,30H,1H3/b20-18+. The van der Waals surface area contributed by atoms with Crippen LogP contribution in [0.25, 0.3) is 16.0 Å². The number of ether oxygens (including phenoxy) is 1. The van der Waals surface area contributed by atoms with E-state index >= 15 is 0 Å². The Bertz CT molecular complexity index is 1430. The maximum Gasteiger partial charge on any atom is 0.301 e. The highest BCUT2D eigenvalue weighted by Gasteiger charge is 2.48. The van der Waals surface area contributed by atoms with E-state index in [9.17, 15) is 14.7 Å². The van der Waals surface area contributed by atoms with Gasteiger partial charge in [-0.2, -0.15) is 0 Å². The van der Waals surface area contributed by atoms with Crippen LogP contribution in [0.1, 0.15) is 17.2 Å². The van der Waals surface area contributed by atoms with Gasteiger partial charge in [-0.05, 0) is 35.9 Å². The fourth-order valence-electron chi connectivity index (χ4n) is 3.89. The first kappa shape index (κ1) is 22.3. The number of carbonyl (C=O) groups excluding carboxylic acids is 2. The normalized spacial score (nSPS) is 17.5. The Labute approximate surface area is 207 Å². The number of hydrogen-bond donors (Lipinski definition) is 1. The summed E-state index contributed by atoms with van der Waals surface area (Å²) in [6, 6.07) is 12.7. The van der Waals surface area contributed by atoms with Crippen LogP contribution in [0.15, 0.2) is 66.5 Å². The van der Waals surface area contributed by atoms with Crippen molar-refractivity contribution in [1.82, 2.24) is 9.97 Å². The highest BCUT2D eigenvalue weighted by atomic mass is 35.5. The van der Waals surface area contributed by atoms with Crippen molar-refractivity contribution in [1.29, 1.82) is 0 Å². The second-order valence-electron chi connectivity index (χ2n) is 7.39. The molecule has 3 heterocycles. The van der Waals surface area contributed by atoms with Gasteiger partial charge in [0.1, 0.15) is 5.76 Å². The lowest BCUT2D eigenvalue weighted by molar-refractivity contribution is -0.132. The van der Waals surface area contributed by atoms with E-state index in [0.717, 1.165) is 4.70 Å². The van der Waals surface area contributed by atoms with Gasteiger partial charge in [0, 0.05) is 18.0 Å². The number of aromatic nitrogens is 2. The number of hydrogen-bond acceptors (Lipinski definition) is 7. The van der Waals surface area contributed by atoms with Crippen molar-refractivity contribution < 1.29 is 19.4 Å². The van der Waals surface area contributed by atoms with E-state index in [-0.39, 0.29) is 26.9 Å². The monoisotopic (exact) mass is 511 g/mol. The van der Waals surface area contributed by atoms with E-state index in [1.54, 1.807) is 18.3 Å². The summed E-state index contributed by atoms with van der Waals surface area (Å²) in [6.07, 6.45) is 3.12. The summed E-state index contributed by atoms with van der Waals surface area (Å²) in [6.45, 7) is 0. The molecule has 1 fully saturated rings. The molecular weight excluding hydrogens is 497 g/mol. The molecule has 1 N–H and O–H groups in total. The predicted molar refractivity (Wildman–Crippen MR) is 132 cm³/mol. The lowest BCUT2D eigenvalue weighted by atomic mass is 9.96. The molecule has 1 atom stereocenters. The van der Waals surface area contributed by atoms with E-state index in [1.807, 2.05) is 24.3 Å². The van der Waals surface area contributed by atoms with Crippen LogP contribution >= 0.6 is 34.5 Å². The lowest BCUT2D eigenvalue weighted by Gasteiger charge is -2.22. The minimum atomic E-state index is -0.950. The molecule has 170 valence electrons. The fraction of sp³-hybridized carbons (Fsp3) is 0.0833. The van der Waals surface area contributed by atoms with E-state index in [1.165, 1.54) is 41.7 Å². The zero-order valence-electron chi connectivity index (χ0n) is 17.5. The van der Waals surface area contributed by atoms with Gasteiger partial charge in [-0.3, -0.25) is 19.5 Å². The summed E-state index contributed by atoms with van der Waals surface area (Å²) >= 11 is 13.8. The average Bonchev–Trinajstić information content (AvgIpc) is 3.37. The second-order valence-corrected chi connectivity index (χ2v) is 9.22. The molecule has 0 spiro atoms. The molecular formula is C24H15Cl2N3O4S. The Morgan fingerprint density at radius 2 is 1.85 bits per heavy atom. The number of carbonyl (C=O) groups is 2. The van der Waals surface area contributed by atoms with Crippen LogP contribution in [0.5, 0.6) is 5.75 Å². The van der Waals surface area contributed by atoms with Gasteiger partial charge in [0.15, 0.2) is 10.9 Å². The number of benzene rings is 2. The topological polar surface area (TPSA) is 92.6 Å². The first-order valence-corrected chi connectivity index (χ1v) is 11.6. The molecule has 0 saturated carbocycles.